The Bertz CT molecular complexity index is 287. The molecule has 0 heterocycles. The van der Waals surface area contributed by atoms with E-state index in [-0.39, 0.29) is 11.3 Å². The summed E-state index contributed by atoms with van der Waals surface area (Å²) < 4.78 is 0. The van der Waals surface area contributed by atoms with Gasteiger partial charge in [-0.25, -0.2) is 0 Å². The molecule has 0 radical (unpaired) electrons. The molecule has 3 heteroatoms. The molecule has 0 aromatic heterocycles. The molecule has 16 heavy (non-hydrogen) atoms. The van der Waals surface area contributed by atoms with Crippen molar-refractivity contribution in [2.24, 2.45) is 11.1 Å². The van der Waals surface area contributed by atoms with Crippen LogP contribution in [0.2, 0.25) is 0 Å². The van der Waals surface area contributed by atoms with Crippen molar-refractivity contribution in [3.05, 3.63) is 11.6 Å². The Balaban J connectivity index is 1.71. The maximum absolute atomic E-state index is 11.9. The Labute approximate surface area is 97.5 Å². The number of hydrogen-bond acceptors (Lipinski definition) is 2. The first-order valence-corrected chi connectivity index (χ1v) is 6.43. The number of nitrogens with two attached hydrogens (primary N) is 1. The first-order chi connectivity index (χ1) is 7.77. The minimum absolute atomic E-state index is 0.180. The predicted octanol–water partition coefficient (Wildman–Crippen LogP) is 1.73. The Morgan fingerprint density at radius 2 is 2.25 bits per heavy atom. The highest BCUT2D eigenvalue weighted by molar-refractivity contribution is 5.83. The van der Waals surface area contributed by atoms with Gasteiger partial charge >= 0.3 is 0 Å². The van der Waals surface area contributed by atoms with E-state index in [0.29, 0.717) is 6.54 Å². The lowest BCUT2D eigenvalue weighted by atomic mass is 9.68. The quantitative estimate of drug-likeness (QED) is 0.696. The van der Waals surface area contributed by atoms with Crippen molar-refractivity contribution >= 4 is 5.91 Å². The van der Waals surface area contributed by atoms with Crippen LogP contribution in [-0.2, 0) is 4.79 Å². The molecule has 0 aromatic rings. The van der Waals surface area contributed by atoms with Crippen LogP contribution in [0.3, 0.4) is 0 Å². The molecule has 0 atom stereocenters. The maximum atomic E-state index is 11.9. The van der Waals surface area contributed by atoms with Gasteiger partial charge in [0, 0.05) is 13.1 Å². The van der Waals surface area contributed by atoms with Crippen LogP contribution in [0.25, 0.3) is 0 Å². The Hall–Kier alpha value is -0.830. The normalized spacial score (nSPS) is 22.4. The second kappa shape index (κ2) is 5.00. The van der Waals surface area contributed by atoms with Gasteiger partial charge in [0.1, 0.15) is 0 Å². The zero-order valence-electron chi connectivity index (χ0n) is 9.93. The van der Waals surface area contributed by atoms with E-state index in [1.165, 1.54) is 24.8 Å². The fraction of sp³-hybridized carbons (Fsp3) is 0.769. The molecule has 2 rings (SSSR count). The number of amides is 1. The Morgan fingerprint density at radius 1 is 1.44 bits per heavy atom. The lowest BCUT2D eigenvalue weighted by molar-refractivity contribution is -0.135. The molecule has 1 fully saturated rings. The third kappa shape index (κ3) is 2.29. The Morgan fingerprint density at radius 3 is 2.75 bits per heavy atom. The van der Waals surface area contributed by atoms with E-state index in [1.54, 1.807) is 0 Å². The molecule has 1 saturated carbocycles. The highest BCUT2D eigenvalue weighted by Gasteiger charge is 2.42. The topological polar surface area (TPSA) is 55.1 Å². The number of hydrogen-bond donors (Lipinski definition) is 2. The van der Waals surface area contributed by atoms with Gasteiger partial charge in [-0.3, -0.25) is 4.79 Å². The maximum Gasteiger partial charge on any atom is 0.227 e. The van der Waals surface area contributed by atoms with Crippen molar-refractivity contribution in [3.63, 3.8) is 0 Å². The van der Waals surface area contributed by atoms with E-state index in [1.807, 2.05) is 0 Å². The molecule has 0 unspecified atom stereocenters. The van der Waals surface area contributed by atoms with Crippen LogP contribution in [0.4, 0.5) is 0 Å². The van der Waals surface area contributed by atoms with Crippen LogP contribution in [-0.4, -0.2) is 19.0 Å². The predicted molar refractivity (Wildman–Crippen MR) is 64.9 cm³/mol. The van der Waals surface area contributed by atoms with Gasteiger partial charge in [-0.15, -0.1) is 0 Å². The van der Waals surface area contributed by atoms with Gasteiger partial charge in [0.2, 0.25) is 5.91 Å². The largest absolute Gasteiger partial charge is 0.355 e. The number of carbonyl (C=O) groups is 1. The Kier molecular flexibility index (Phi) is 3.64. The summed E-state index contributed by atoms with van der Waals surface area (Å²) in [6.07, 6.45) is 10.1. The number of rotatable bonds is 5. The summed E-state index contributed by atoms with van der Waals surface area (Å²) in [6.45, 7) is 1.29. The summed E-state index contributed by atoms with van der Waals surface area (Å²) >= 11 is 0. The molecule has 0 aromatic carbocycles. The second-order valence-electron chi connectivity index (χ2n) is 5.10. The van der Waals surface area contributed by atoms with Gasteiger partial charge < -0.3 is 11.1 Å². The third-order valence-corrected chi connectivity index (χ3v) is 4.05. The van der Waals surface area contributed by atoms with Gasteiger partial charge in [0.25, 0.3) is 0 Å². The molecule has 3 N–H and O–H groups in total. The van der Waals surface area contributed by atoms with E-state index >= 15 is 0 Å². The van der Waals surface area contributed by atoms with Crippen LogP contribution in [0.1, 0.15) is 44.9 Å². The van der Waals surface area contributed by atoms with Gasteiger partial charge in [-0.05, 0) is 38.5 Å². The molecule has 1 amide bonds. The van der Waals surface area contributed by atoms with Crippen LogP contribution in [0.5, 0.6) is 0 Å². The minimum Gasteiger partial charge on any atom is -0.355 e. The first-order valence-electron chi connectivity index (χ1n) is 6.43. The SMILES string of the molecule is NCC1(C(=O)NCCC2=CCCC2)CCC1. The average molecular weight is 222 g/mol. The van der Waals surface area contributed by atoms with Crippen molar-refractivity contribution in [2.75, 3.05) is 13.1 Å². The van der Waals surface area contributed by atoms with Crippen molar-refractivity contribution in [1.82, 2.24) is 5.32 Å². The minimum atomic E-state index is -0.218. The van der Waals surface area contributed by atoms with Gasteiger partial charge in [0.05, 0.1) is 5.41 Å². The molecule has 90 valence electrons. The van der Waals surface area contributed by atoms with Crippen LogP contribution >= 0.6 is 0 Å². The summed E-state index contributed by atoms with van der Waals surface area (Å²) in [7, 11) is 0. The molecular formula is C13H22N2O. The lowest BCUT2D eigenvalue weighted by Gasteiger charge is -2.39. The molecule has 0 spiro atoms. The average Bonchev–Trinajstić information content (AvgIpc) is 2.70. The highest BCUT2D eigenvalue weighted by Crippen LogP contribution is 2.39. The van der Waals surface area contributed by atoms with E-state index in [2.05, 4.69) is 11.4 Å². The molecule has 2 aliphatic carbocycles. The van der Waals surface area contributed by atoms with E-state index < -0.39 is 0 Å². The van der Waals surface area contributed by atoms with Crippen LogP contribution in [0, 0.1) is 5.41 Å². The van der Waals surface area contributed by atoms with E-state index in [9.17, 15) is 4.79 Å². The summed E-state index contributed by atoms with van der Waals surface area (Å²) in [5.74, 6) is 0.180. The van der Waals surface area contributed by atoms with Gasteiger partial charge in [-0.1, -0.05) is 18.1 Å². The summed E-state index contributed by atoms with van der Waals surface area (Å²) in [4.78, 5) is 11.9. The lowest BCUT2D eigenvalue weighted by Crippen LogP contribution is -2.50. The summed E-state index contributed by atoms with van der Waals surface area (Å²) in [6, 6.07) is 0. The number of nitrogens with one attached hydrogen (secondary N) is 1. The van der Waals surface area contributed by atoms with Crippen LogP contribution in [0.15, 0.2) is 11.6 Å². The number of allylic oxidation sites excluding steroid dienone is 1. The van der Waals surface area contributed by atoms with E-state index in [0.717, 1.165) is 32.2 Å². The third-order valence-electron chi connectivity index (χ3n) is 4.05. The van der Waals surface area contributed by atoms with Crippen molar-refractivity contribution in [2.45, 2.75) is 44.9 Å². The van der Waals surface area contributed by atoms with Crippen molar-refractivity contribution in [1.29, 1.82) is 0 Å². The zero-order valence-corrected chi connectivity index (χ0v) is 9.93. The number of carbonyl (C=O) groups excluding carboxylic acids is 1. The highest BCUT2D eigenvalue weighted by atomic mass is 16.2. The monoisotopic (exact) mass is 222 g/mol. The fourth-order valence-electron chi connectivity index (χ4n) is 2.62. The molecular weight excluding hydrogens is 200 g/mol. The molecule has 0 saturated heterocycles. The standard InChI is InChI=1S/C13H22N2O/c14-10-13(7-3-8-13)12(16)15-9-6-11-4-1-2-5-11/h4H,1-3,5-10,14H2,(H,15,16). The van der Waals surface area contributed by atoms with Gasteiger partial charge in [0.15, 0.2) is 0 Å². The summed E-state index contributed by atoms with van der Waals surface area (Å²) in [5.41, 5.74) is 6.98. The zero-order chi connectivity index (χ0) is 11.4. The molecule has 0 bridgehead atoms. The molecule has 2 aliphatic rings. The molecule has 3 nitrogen and oxygen atoms in total. The van der Waals surface area contributed by atoms with Crippen molar-refractivity contribution < 1.29 is 4.79 Å². The fourth-order valence-corrected chi connectivity index (χ4v) is 2.62. The molecule has 0 aliphatic heterocycles. The van der Waals surface area contributed by atoms with Gasteiger partial charge in [-0.2, -0.15) is 0 Å². The van der Waals surface area contributed by atoms with Crippen LogP contribution < -0.4 is 11.1 Å². The summed E-state index contributed by atoms with van der Waals surface area (Å²) in [5, 5.41) is 3.04. The first kappa shape index (κ1) is 11.6. The van der Waals surface area contributed by atoms with E-state index in [4.69, 9.17) is 5.73 Å². The van der Waals surface area contributed by atoms with Crippen molar-refractivity contribution in [3.8, 4) is 0 Å². The smallest absolute Gasteiger partial charge is 0.227 e. The second-order valence-corrected chi connectivity index (χ2v) is 5.10.